The molecule has 1 fully saturated rings. The van der Waals surface area contributed by atoms with Gasteiger partial charge in [-0.2, -0.15) is 0 Å². The van der Waals surface area contributed by atoms with E-state index in [1.54, 1.807) is 12.1 Å². The zero-order valence-corrected chi connectivity index (χ0v) is 16.1. The molecule has 1 aliphatic heterocycles. The highest BCUT2D eigenvalue weighted by Crippen LogP contribution is 2.39. The van der Waals surface area contributed by atoms with E-state index in [0.717, 1.165) is 5.56 Å². The van der Waals surface area contributed by atoms with Crippen molar-refractivity contribution in [2.75, 3.05) is 27.3 Å². The molecule has 2 aromatic carbocycles. The Labute approximate surface area is 178 Å². The predicted molar refractivity (Wildman–Crippen MR) is 110 cm³/mol. The van der Waals surface area contributed by atoms with Crippen LogP contribution in [0.25, 0.3) is 0 Å². The molecule has 0 bridgehead atoms. The third-order valence-corrected chi connectivity index (χ3v) is 5.50. The molecule has 1 aliphatic carbocycles. The molecule has 1 heterocycles. The number of nitrogens with zero attached hydrogens (tertiary/aromatic N) is 1. The maximum atomic E-state index is 13.2. The molecule has 1 saturated heterocycles. The minimum atomic E-state index is -2.26. The first-order chi connectivity index (χ1) is 16.9. The van der Waals surface area contributed by atoms with Crippen molar-refractivity contribution >= 4 is 5.78 Å². The minimum absolute atomic E-state index is 0.0108. The lowest BCUT2D eigenvalue weighted by molar-refractivity contribution is 0.0895. The molecular weight excluding hydrogens is 350 g/mol. The quantitative estimate of drug-likeness (QED) is 0.738. The molecule has 4 nitrogen and oxygen atoms in total. The number of piperidine rings is 1. The minimum Gasteiger partial charge on any atom is -0.493 e. The number of methoxy groups -OCH3 is 2. The van der Waals surface area contributed by atoms with Crippen molar-refractivity contribution in [1.29, 1.82) is 0 Å². The summed E-state index contributed by atoms with van der Waals surface area (Å²) in [7, 11) is 3.01. The topological polar surface area (TPSA) is 38.8 Å². The Kier molecular flexibility index (Phi) is 3.47. The van der Waals surface area contributed by atoms with E-state index in [1.807, 2.05) is 0 Å². The van der Waals surface area contributed by atoms with Gasteiger partial charge in [0.05, 0.1) is 21.1 Å². The van der Waals surface area contributed by atoms with Crippen LogP contribution in [-0.2, 0) is 12.9 Å². The molecule has 0 aromatic heterocycles. The largest absolute Gasteiger partial charge is 0.493 e. The summed E-state index contributed by atoms with van der Waals surface area (Å²) >= 11 is 0. The van der Waals surface area contributed by atoms with E-state index < -0.39 is 42.6 Å². The highest BCUT2D eigenvalue weighted by atomic mass is 16.5. The monoisotopic (exact) mass is 387 g/mol. The van der Waals surface area contributed by atoms with E-state index in [2.05, 4.69) is 0 Å². The Balaban J connectivity index is 1.49. The number of Topliss-reactive ketones (excluding diaryl/α,β-unsaturated/α-hetero) is 1. The molecule has 0 amide bonds. The van der Waals surface area contributed by atoms with Crippen LogP contribution in [0.4, 0.5) is 0 Å². The summed E-state index contributed by atoms with van der Waals surface area (Å²) in [5.41, 5.74) is 0.855. The highest BCUT2D eigenvalue weighted by molar-refractivity contribution is 6.02. The summed E-state index contributed by atoms with van der Waals surface area (Å²) < 4.78 is 76.7. The number of carbonyl (C=O) groups excluding carboxylic acids is 1. The normalized spacial score (nSPS) is 27.4. The number of likely N-dealkylation sites (tertiary alicyclic amines) is 1. The number of rotatable bonds is 6. The number of ether oxygens (including phenoxy) is 2. The molecule has 1 atom stereocenters. The van der Waals surface area contributed by atoms with Gasteiger partial charge in [0.25, 0.3) is 0 Å². The fourth-order valence-corrected chi connectivity index (χ4v) is 4.01. The van der Waals surface area contributed by atoms with E-state index in [4.69, 9.17) is 20.4 Å². The van der Waals surface area contributed by atoms with Crippen LogP contribution in [0.5, 0.6) is 11.5 Å². The number of fused-ring (bicyclic) bond motifs is 1. The van der Waals surface area contributed by atoms with E-state index in [-0.39, 0.29) is 36.8 Å². The van der Waals surface area contributed by atoms with Crippen LogP contribution < -0.4 is 9.47 Å². The first-order valence-electron chi connectivity index (χ1n) is 13.5. The molecular formula is C24H29NO3. The zero-order valence-electron chi connectivity index (χ0n) is 24.1. The smallest absolute Gasteiger partial charge is 0.166 e. The molecule has 1 unspecified atom stereocenters. The van der Waals surface area contributed by atoms with Gasteiger partial charge in [0.2, 0.25) is 0 Å². The van der Waals surface area contributed by atoms with Crippen molar-refractivity contribution in [2.45, 2.75) is 32.2 Å². The van der Waals surface area contributed by atoms with Crippen molar-refractivity contribution in [3.05, 3.63) is 59.0 Å². The fourth-order valence-electron chi connectivity index (χ4n) is 4.01. The van der Waals surface area contributed by atoms with Crippen LogP contribution in [0.3, 0.4) is 0 Å². The van der Waals surface area contributed by atoms with Gasteiger partial charge >= 0.3 is 0 Å². The lowest BCUT2D eigenvalue weighted by Crippen LogP contribution is -2.34. The van der Waals surface area contributed by atoms with Crippen LogP contribution in [0.1, 0.15) is 51.7 Å². The van der Waals surface area contributed by atoms with E-state index >= 15 is 0 Å². The van der Waals surface area contributed by atoms with Crippen LogP contribution in [0.15, 0.2) is 42.3 Å². The van der Waals surface area contributed by atoms with Crippen LogP contribution in [0, 0.1) is 11.8 Å². The second kappa shape index (κ2) is 8.36. The van der Waals surface area contributed by atoms with Gasteiger partial charge < -0.3 is 9.47 Å². The Morgan fingerprint density at radius 1 is 1.14 bits per heavy atom. The molecule has 0 N–H and O–H groups in total. The van der Waals surface area contributed by atoms with Gasteiger partial charge in [-0.05, 0) is 68.0 Å². The van der Waals surface area contributed by atoms with Gasteiger partial charge in [-0.15, -0.1) is 0 Å². The summed E-state index contributed by atoms with van der Waals surface area (Å²) in [4.78, 5) is 14.7. The molecule has 0 saturated carbocycles. The van der Waals surface area contributed by atoms with Gasteiger partial charge in [-0.1, -0.05) is 30.2 Å². The Morgan fingerprint density at radius 3 is 2.50 bits per heavy atom. The first kappa shape index (κ1) is 11.6. The van der Waals surface area contributed by atoms with Crippen LogP contribution >= 0.6 is 0 Å². The fraction of sp³-hybridized carbons (Fsp3) is 0.458. The van der Waals surface area contributed by atoms with Crippen LogP contribution in [-0.4, -0.2) is 38.0 Å². The Hall–Kier alpha value is -2.33. The van der Waals surface area contributed by atoms with Crippen molar-refractivity contribution < 1.29 is 25.2 Å². The predicted octanol–water partition coefficient (Wildman–Crippen LogP) is 4.36. The molecule has 2 aromatic rings. The SMILES string of the molecule is [2H]c1c([2H])c([2H])c(C([2H])([2H])N2CCC(CC3([2H])Cc4cc(OC)c(OC)cc4C3=O)CC2)c([2H])c1[2H]. The zero-order chi connectivity index (χ0) is 26.6. The Bertz CT molecular complexity index is 1180. The summed E-state index contributed by atoms with van der Waals surface area (Å²) in [6, 6.07) is 0.615. The summed E-state index contributed by atoms with van der Waals surface area (Å²) in [5, 5.41) is 0. The number of benzene rings is 2. The second-order valence-corrected chi connectivity index (χ2v) is 7.22. The average molecular weight is 388 g/mol. The van der Waals surface area contributed by atoms with Crippen molar-refractivity contribution in [3.63, 3.8) is 0 Å². The molecule has 0 radical (unpaired) electrons. The third kappa shape index (κ3) is 3.93. The summed E-state index contributed by atoms with van der Waals surface area (Å²) in [5.74, 6) is -0.612. The van der Waals surface area contributed by atoms with Gasteiger partial charge in [-0.3, -0.25) is 9.69 Å². The summed E-state index contributed by atoms with van der Waals surface area (Å²) in [6.45, 7) is -1.71. The average Bonchev–Trinajstić information content (AvgIpc) is 3.09. The standard InChI is InChI=1S/C24H29NO3/c1-27-22-14-19-13-20(24(26)21(19)15-23(22)28-2)12-17-8-10-25(11-9-17)16-18-6-4-3-5-7-18/h3-7,14-15,17,20H,8-13,16H2,1-2H3/i3D,4D,5D,6D,7D,16D2,20D. The Morgan fingerprint density at radius 2 is 1.82 bits per heavy atom. The number of carbonyl (C=O) groups is 1. The molecule has 148 valence electrons. The molecule has 4 heteroatoms. The van der Waals surface area contributed by atoms with E-state index in [0.29, 0.717) is 36.3 Å². The number of hydrogen-bond acceptors (Lipinski definition) is 4. The lowest BCUT2D eigenvalue weighted by Gasteiger charge is -2.32. The van der Waals surface area contributed by atoms with Gasteiger partial charge in [0, 0.05) is 22.1 Å². The maximum absolute atomic E-state index is 13.2. The number of hydrogen-bond donors (Lipinski definition) is 0. The summed E-state index contributed by atoms with van der Waals surface area (Å²) in [6.07, 6.45) is 1.64. The van der Waals surface area contributed by atoms with Crippen LogP contribution in [0.2, 0.25) is 0 Å². The molecule has 0 spiro atoms. The molecule has 2 aliphatic rings. The van der Waals surface area contributed by atoms with E-state index in [9.17, 15) is 4.79 Å². The third-order valence-electron chi connectivity index (χ3n) is 5.50. The maximum Gasteiger partial charge on any atom is 0.166 e. The van der Waals surface area contributed by atoms with Crippen molar-refractivity contribution in [1.82, 2.24) is 4.90 Å². The van der Waals surface area contributed by atoms with Gasteiger partial charge in [0.15, 0.2) is 17.3 Å². The van der Waals surface area contributed by atoms with Crippen molar-refractivity contribution in [3.8, 4) is 11.5 Å². The second-order valence-electron chi connectivity index (χ2n) is 7.22. The van der Waals surface area contributed by atoms with E-state index in [1.165, 1.54) is 19.1 Å². The van der Waals surface area contributed by atoms with Gasteiger partial charge in [-0.25, -0.2) is 0 Å². The number of ketones is 1. The van der Waals surface area contributed by atoms with Gasteiger partial charge in [0.1, 0.15) is 0 Å². The highest BCUT2D eigenvalue weighted by Gasteiger charge is 2.34. The molecule has 28 heavy (non-hydrogen) atoms. The molecule has 4 rings (SSSR count). The lowest BCUT2D eigenvalue weighted by atomic mass is 9.85. The van der Waals surface area contributed by atoms with Crippen molar-refractivity contribution in [2.24, 2.45) is 11.8 Å². The first-order valence-corrected chi connectivity index (χ1v) is 9.48.